The van der Waals surface area contributed by atoms with Crippen LogP contribution in [0.5, 0.6) is 0 Å². The summed E-state index contributed by atoms with van der Waals surface area (Å²) in [6.45, 7) is 7.57. The molecule has 1 aromatic carbocycles. The van der Waals surface area contributed by atoms with Crippen molar-refractivity contribution in [2.45, 2.75) is 26.2 Å². The van der Waals surface area contributed by atoms with Gasteiger partial charge in [0.1, 0.15) is 0 Å². The largest absolute Gasteiger partial charge is 0.272 e. The van der Waals surface area contributed by atoms with Gasteiger partial charge >= 0.3 is 0 Å². The fourth-order valence-corrected chi connectivity index (χ4v) is 1.47. The second-order valence-corrected chi connectivity index (χ2v) is 3.52. The van der Waals surface area contributed by atoms with E-state index >= 15 is 0 Å². The van der Waals surface area contributed by atoms with Gasteiger partial charge in [-0.1, -0.05) is 32.1 Å². The fourth-order valence-electron chi connectivity index (χ4n) is 1.47. The van der Waals surface area contributed by atoms with Crippen LogP contribution in [0.15, 0.2) is 30.9 Å². The van der Waals surface area contributed by atoms with E-state index in [0.717, 1.165) is 11.1 Å². The highest BCUT2D eigenvalue weighted by Gasteiger charge is 2.14. The van der Waals surface area contributed by atoms with Crippen LogP contribution in [0, 0.1) is 10.1 Å². The van der Waals surface area contributed by atoms with Gasteiger partial charge < -0.3 is 0 Å². The lowest BCUT2D eigenvalue weighted by Crippen LogP contribution is -1.97. The van der Waals surface area contributed by atoms with Gasteiger partial charge in [-0.05, 0) is 17.9 Å². The molecule has 80 valence electrons. The topological polar surface area (TPSA) is 43.1 Å². The predicted molar refractivity (Wildman–Crippen MR) is 61.1 cm³/mol. The lowest BCUT2D eigenvalue weighted by atomic mass is 9.98. The van der Waals surface area contributed by atoms with E-state index in [1.807, 2.05) is 26.0 Å². The number of aryl methyl sites for hydroxylation is 1. The molecule has 0 heterocycles. The van der Waals surface area contributed by atoms with Crippen LogP contribution >= 0.6 is 0 Å². The van der Waals surface area contributed by atoms with Gasteiger partial charge in [0.05, 0.1) is 4.92 Å². The quantitative estimate of drug-likeness (QED) is 0.429. The summed E-state index contributed by atoms with van der Waals surface area (Å²) in [5, 5.41) is 10.8. The Kier molecular flexibility index (Phi) is 3.61. The zero-order chi connectivity index (χ0) is 11.4. The number of allylic oxidation sites excluding steroid dienone is 1. The molecule has 0 aliphatic carbocycles. The SMILES string of the molecule is C=CC(C)c1ccc(CC)c([N+](=O)[O-])c1. The summed E-state index contributed by atoms with van der Waals surface area (Å²) in [5.74, 6) is 0.148. The number of nitrogens with zero attached hydrogens (tertiary/aromatic N) is 1. The molecule has 1 aromatic rings. The van der Waals surface area contributed by atoms with E-state index in [-0.39, 0.29) is 16.5 Å². The third-order valence-corrected chi connectivity index (χ3v) is 2.57. The number of nitro benzene ring substituents is 1. The Morgan fingerprint density at radius 2 is 2.27 bits per heavy atom. The van der Waals surface area contributed by atoms with Crippen molar-refractivity contribution in [1.29, 1.82) is 0 Å². The first kappa shape index (κ1) is 11.4. The van der Waals surface area contributed by atoms with E-state index in [1.54, 1.807) is 12.1 Å². The maximum absolute atomic E-state index is 10.8. The summed E-state index contributed by atoms with van der Waals surface area (Å²) in [5.41, 5.74) is 1.93. The molecule has 1 unspecified atom stereocenters. The van der Waals surface area contributed by atoms with Crippen LogP contribution in [0.4, 0.5) is 5.69 Å². The molecule has 1 atom stereocenters. The first-order valence-corrected chi connectivity index (χ1v) is 5.00. The molecule has 0 aromatic heterocycles. The van der Waals surface area contributed by atoms with E-state index in [4.69, 9.17) is 0 Å². The van der Waals surface area contributed by atoms with E-state index in [0.29, 0.717) is 6.42 Å². The van der Waals surface area contributed by atoms with Gasteiger partial charge in [-0.25, -0.2) is 0 Å². The van der Waals surface area contributed by atoms with Crippen molar-refractivity contribution < 1.29 is 4.92 Å². The lowest BCUT2D eigenvalue weighted by molar-refractivity contribution is -0.385. The Labute approximate surface area is 89.6 Å². The molecule has 0 fully saturated rings. The third kappa shape index (κ3) is 2.43. The fraction of sp³-hybridized carbons (Fsp3) is 0.333. The zero-order valence-corrected chi connectivity index (χ0v) is 9.06. The third-order valence-electron chi connectivity index (χ3n) is 2.57. The average molecular weight is 205 g/mol. The maximum atomic E-state index is 10.8. The standard InChI is InChI=1S/C12H15NO2/c1-4-9(3)11-7-6-10(5-2)12(8-11)13(14)15/h4,6-9H,1,5H2,2-3H3. The highest BCUT2D eigenvalue weighted by atomic mass is 16.6. The minimum Gasteiger partial charge on any atom is -0.258 e. The Balaban J connectivity index is 3.21. The van der Waals surface area contributed by atoms with Gasteiger partial charge in [-0.15, -0.1) is 6.58 Å². The highest BCUT2D eigenvalue weighted by molar-refractivity contribution is 5.44. The number of nitro groups is 1. The van der Waals surface area contributed by atoms with Crippen molar-refractivity contribution in [2.24, 2.45) is 0 Å². The normalized spacial score (nSPS) is 12.1. The number of hydrogen-bond donors (Lipinski definition) is 0. The summed E-state index contributed by atoms with van der Waals surface area (Å²) in [4.78, 5) is 10.5. The number of benzene rings is 1. The van der Waals surface area contributed by atoms with E-state index < -0.39 is 0 Å². The molecule has 0 bridgehead atoms. The van der Waals surface area contributed by atoms with Gasteiger partial charge in [-0.3, -0.25) is 10.1 Å². The van der Waals surface area contributed by atoms with Crippen molar-refractivity contribution in [3.63, 3.8) is 0 Å². The summed E-state index contributed by atoms with van der Waals surface area (Å²) in [6.07, 6.45) is 2.46. The molecule has 3 heteroatoms. The van der Waals surface area contributed by atoms with Gasteiger partial charge in [-0.2, -0.15) is 0 Å². The van der Waals surface area contributed by atoms with E-state index in [2.05, 4.69) is 6.58 Å². The molecule has 0 aliphatic rings. The Hall–Kier alpha value is -1.64. The van der Waals surface area contributed by atoms with Crippen LogP contribution in [0.1, 0.15) is 30.9 Å². The summed E-state index contributed by atoms with van der Waals surface area (Å²) < 4.78 is 0. The molecule has 0 saturated carbocycles. The van der Waals surface area contributed by atoms with Crippen LogP contribution in [0.25, 0.3) is 0 Å². The van der Waals surface area contributed by atoms with Gasteiger partial charge in [0.15, 0.2) is 0 Å². The van der Waals surface area contributed by atoms with Crippen molar-refractivity contribution in [3.05, 3.63) is 52.1 Å². The van der Waals surface area contributed by atoms with Gasteiger partial charge in [0.2, 0.25) is 0 Å². The molecule has 0 saturated heterocycles. The van der Waals surface area contributed by atoms with Crippen molar-refractivity contribution in [1.82, 2.24) is 0 Å². The first-order chi connectivity index (χ1) is 7.10. The molecule has 0 aliphatic heterocycles. The number of rotatable bonds is 4. The van der Waals surface area contributed by atoms with Crippen LogP contribution in [0.2, 0.25) is 0 Å². The molecule has 15 heavy (non-hydrogen) atoms. The Morgan fingerprint density at radius 1 is 1.60 bits per heavy atom. The first-order valence-electron chi connectivity index (χ1n) is 5.00. The molecule has 0 spiro atoms. The molecule has 3 nitrogen and oxygen atoms in total. The Bertz CT molecular complexity index is 385. The molecule has 1 rings (SSSR count). The van der Waals surface area contributed by atoms with Gasteiger partial charge in [0.25, 0.3) is 5.69 Å². The minimum atomic E-state index is -0.321. The van der Waals surface area contributed by atoms with Crippen molar-refractivity contribution in [3.8, 4) is 0 Å². The summed E-state index contributed by atoms with van der Waals surface area (Å²) in [7, 11) is 0. The molecule has 0 amide bonds. The van der Waals surface area contributed by atoms with Gasteiger partial charge in [0, 0.05) is 11.6 Å². The molecular weight excluding hydrogens is 190 g/mol. The summed E-state index contributed by atoms with van der Waals surface area (Å²) in [6, 6.07) is 5.40. The molecular formula is C12H15NO2. The van der Waals surface area contributed by atoms with E-state index in [1.165, 1.54) is 0 Å². The van der Waals surface area contributed by atoms with Crippen LogP contribution in [0.3, 0.4) is 0 Å². The van der Waals surface area contributed by atoms with Crippen LogP contribution in [-0.4, -0.2) is 4.92 Å². The monoisotopic (exact) mass is 205 g/mol. The Morgan fingerprint density at radius 3 is 2.73 bits per heavy atom. The number of hydrogen-bond acceptors (Lipinski definition) is 2. The second-order valence-electron chi connectivity index (χ2n) is 3.52. The van der Waals surface area contributed by atoms with Crippen LogP contribution < -0.4 is 0 Å². The van der Waals surface area contributed by atoms with Crippen molar-refractivity contribution >= 4 is 5.69 Å². The van der Waals surface area contributed by atoms with E-state index in [9.17, 15) is 10.1 Å². The zero-order valence-electron chi connectivity index (χ0n) is 9.06. The summed E-state index contributed by atoms with van der Waals surface area (Å²) >= 11 is 0. The molecule has 0 N–H and O–H groups in total. The van der Waals surface area contributed by atoms with Crippen molar-refractivity contribution in [2.75, 3.05) is 0 Å². The minimum absolute atomic E-state index is 0.148. The lowest BCUT2D eigenvalue weighted by Gasteiger charge is -2.07. The maximum Gasteiger partial charge on any atom is 0.272 e. The predicted octanol–water partition coefficient (Wildman–Crippen LogP) is 3.45. The molecule has 0 radical (unpaired) electrons. The highest BCUT2D eigenvalue weighted by Crippen LogP contribution is 2.25. The van der Waals surface area contributed by atoms with Crippen LogP contribution in [-0.2, 0) is 6.42 Å². The smallest absolute Gasteiger partial charge is 0.258 e. The average Bonchev–Trinajstić information content (AvgIpc) is 2.27. The second kappa shape index (κ2) is 4.73.